The second-order valence-electron chi connectivity index (χ2n) is 8.23. The fraction of sp³-hybridized carbons (Fsp3) is 0.417. The van der Waals surface area contributed by atoms with Crippen molar-refractivity contribution in [2.75, 3.05) is 19.0 Å². The smallest absolute Gasteiger partial charge is 0.222 e. The van der Waals surface area contributed by atoms with Crippen molar-refractivity contribution in [2.24, 2.45) is 0 Å². The number of rotatable bonds is 7. The topological polar surface area (TPSA) is 76.7 Å². The average Bonchev–Trinajstić information content (AvgIpc) is 2.71. The third kappa shape index (κ3) is 6.53. The Kier molecular flexibility index (Phi) is 7.70. The van der Waals surface area contributed by atoms with Gasteiger partial charge in [0.25, 0.3) is 0 Å². The summed E-state index contributed by atoms with van der Waals surface area (Å²) in [4.78, 5) is 23.8. The number of methoxy groups -OCH3 is 1. The molecule has 7 heteroatoms. The van der Waals surface area contributed by atoms with Gasteiger partial charge in [-0.2, -0.15) is 0 Å². The summed E-state index contributed by atoms with van der Waals surface area (Å²) >= 11 is 6.22. The van der Waals surface area contributed by atoms with Crippen LogP contribution in [0.2, 0.25) is 5.02 Å². The van der Waals surface area contributed by atoms with Crippen LogP contribution in [0.25, 0.3) is 0 Å². The second kappa shape index (κ2) is 10.3. The molecule has 1 fully saturated rings. The van der Waals surface area contributed by atoms with E-state index in [9.17, 15) is 9.59 Å². The van der Waals surface area contributed by atoms with E-state index in [1.54, 1.807) is 7.11 Å². The minimum atomic E-state index is -0.461. The Labute approximate surface area is 188 Å². The first kappa shape index (κ1) is 23.3. The Bertz CT molecular complexity index is 918. The first-order valence-electron chi connectivity index (χ1n) is 10.4. The lowest BCUT2D eigenvalue weighted by molar-refractivity contribution is -0.129. The fourth-order valence-corrected chi connectivity index (χ4v) is 4.17. The Morgan fingerprint density at radius 3 is 2.42 bits per heavy atom. The largest absolute Gasteiger partial charge is 0.384 e. The van der Waals surface area contributed by atoms with E-state index < -0.39 is 5.54 Å². The van der Waals surface area contributed by atoms with Gasteiger partial charge in [-0.15, -0.1) is 0 Å². The van der Waals surface area contributed by atoms with Gasteiger partial charge < -0.3 is 20.1 Å². The van der Waals surface area contributed by atoms with Crippen molar-refractivity contribution < 1.29 is 19.1 Å². The number of amides is 2. The van der Waals surface area contributed by atoms with Crippen LogP contribution < -0.4 is 10.6 Å². The number of carbonyl (C=O) groups excluding carboxylic acids is 2. The molecule has 0 radical (unpaired) electrons. The van der Waals surface area contributed by atoms with Crippen molar-refractivity contribution in [1.29, 1.82) is 0 Å². The van der Waals surface area contributed by atoms with Gasteiger partial charge in [0.15, 0.2) is 0 Å². The first-order chi connectivity index (χ1) is 14.8. The van der Waals surface area contributed by atoms with Crippen LogP contribution in [0.1, 0.15) is 56.4 Å². The van der Waals surface area contributed by atoms with E-state index in [0.29, 0.717) is 30.9 Å². The highest BCUT2D eigenvalue weighted by atomic mass is 35.5. The molecule has 3 rings (SSSR count). The third-order valence-corrected chi connectivity index (χ3v) is 5.63. The predicted octanol–water partition coefficient (Wildman–Crippen LogP) is 4.80. The fourth-order valence-electron chi connectivity index (χ4n) is 3.98. The molecule has 1 saturated heterocycles. The minimum absolute atomic E-state index is 0.0455. The summed E-state index contributed by atoms with van der Waals surface area (Å²) in [6.45, 7) is 3.91. The summed E-state index contributed by atoms with van der Waals surface area (Å²) < 4.78 is 11.5. The number of carbonyl (C=O) groups is 2. The molecule has 0 saturated carbocycles. The van der Waals surface area contributed by atoms with Crippen LogP contribution in [-0.2, 0) is 19.1 Å². The molecule has 166 valence electrons. The molecule has 0 aliphatic carbocycles. The lowest BCUT2D eigenvalue weighted by Crippen LogP contribution is -2.51. The Balaban J connectivity index is 1.85. The highest BCUT2D eigenvalue weighted by Gasteiger charge is 2.40. The molecule has 1 aliphatic heterocycles. The lowest BCUT2D eigenvalue weighted by Gasteiger charge is -2.43. The van der Waals surface area contributed by atoms with Crippen LogP contribution in [0.15, 0.2) is 48.5 Å². The number of ether oxygens (including phenoxy) is 2. The van der Waals surface area contributed by atoms with E-state index in [1.165, 1.54) is 6.92 Å². The van der Waals surface area contributed by atoms with E-state index in [4.69, 9.17) is 21.1 Å². The summed E-state index contributed by atoms with van der Waals surface area (Å²) in [5, 5.41) is 6.61. The standard InChI is InChI=1S/C24H29ClN2O4/c1-16(28)26-20-9-7-17(8-10-20)21-14-24(2,27-23(29)11-12-30-3)15-22(31-21)18-5-4-6-19(25)13-18/h4-10,13,21-22H,11-12,14-15H2,1-3H3,(H,26,28)(H,27,29)/t21-,22+,24-/m1/s1. The van der Waals surface area contributed by atoms with E-state index >= 15 is 0 Å². The molecule has 2 aromatic rings. The first-order valence-corrected chi connectivity index (χ1v) is 10.7. The van der Waals surface area contributed by atoms with Gasteiger partial charge in [0, 0.05) is 49.5 Å². The lowest BCUT2D eigenvalue weighted by atomic mass is 9.81. The molecule has 3 atom stereocenters. The molecule has 0 unspecified atom stereocenters. The highest BCUT2D eigenvalue weighted by molar-refractivity contribution is 6.30. The van der Waals surface area contributed by atoms with Crippen LogP contribution in [0.5, 0.6) is 0 Å². The molecular formula is C24H29ClN2O4. The summed E-state index contributed by atoms with van der Waals surface area (Å²) in [6, 6.07) is 15.2. The molecule has 1 heterocycles. The Morgan fingerprint density at radius 2 is 1.81 bits per heavy atom. The average molecular weight is 445 g/mol. The van der Waals surface area contributed by atoms with E-state index in [-0.39, 0.29) is 24.0 Å². The van der Waals surface area contributed by atoms with Crippen LogP contribution in [-0.4, -0.2) is 31.1 Å². The second-order valence-corrected chi connectivity index (χ2v) is 8.67. The molecular weight excluding hydrogens is 416 g/mol. The normalized spacial score (nSPS) is 23.2. The molecule has 2 N–H and O–H groups in total. The number of anilines is 1. The van der Waals surface area contributed by atoms with Crippen molar-refractivity contribution >= 4 is 29.1 Å². The molecule has 6 nitrogen and oxygen atoms in total. The van der Waals surface area contributed by atoms with Gasteiger partial charge in [-0.25, -0.2) is 0 Å². The van der Waals surface area contributed by atoms with Gasteiger partial charge in [-0.3, -0.25) is 9.59 Å². The van der Waals surface area contributed by atoms with Crippen molar-refractivity contribution in [3.05, 3.63) is 64.7 Å². The van der Waals surface area contributed by atoms with Gasteiger partial charge in [-0.05, 0) is 42.3 Å². The number of nitrogens with one attached hydrogen (secondary N) is 2. The quantitative estimate of drug-likeness (QED) is 0.642. The van der Waals surface area contributed by atoms with Gasteiger partial charge in [0.05, 0.1) is 18.8 Å². The number of benzene rings is 2. The van der Waals surface area contributed by atoms with Crippen molar-refractivity contribution in [1.82, 2.24) is 5.32 Å². The molecule has 0 aromatic heterocycles. The number of hydrogen-bond donors (Lipinski definition) is 2. The Hall–Kier alpha value is -2.41. The molecule has 2 aromatic carbocycles. The highest BCUT2D eigenvalue weighted by Crippen LogP contribution is 2.44. The summed E-state index contributed by atoms with van der Waals surface area (Å²) in [7, 11) is 1.58. The summed E-state index contributed by atoms with van der Waals surface area (Å²) in [5.74, 6) is -0.162. The van der Waals surface area contributed by atoms with Crippen LogP contribution in [0.4, 0.5) is 5.69 Å². The monoisotopic (exact) mass is 444 g/mol. The van der Waals surface area contributed by atoms with Crippen molar-refractivity contribution in [3.63, 3.8) is 0 Å². The number of halogens is 1. The molecule has 2 amide bonds. The van der Waals surface area contributed by atoms with Crippen LogP contribution in [0, 0.1) is 0 Å². The van der Waals surface area contributed by atoms with E-state index in [0.717, 1.165) is 16.8 Å². The van der Waals surface area contributed by atoms with Gasteiger partial charge in [0.1, 0.15) is 0 Å². The molecule has 0 spiro atoms. The van der Waals surface area contributed by atoms with Gasteiger partial charge >= 0.3 is 0 Å². The SMILES string of the molecule is COCCC(=O)N[C@@]1(C)C[C@@H](c2cccc(Cl)c2)O[C@@H](c2ccc(NC(C)=O)cc2)C1. The van der Waals surface area contributed by atoms with Crippen LogP contribution >= 0.6 is 11.6 Å². The minimum Gasteiger partial charge on any atom is -0.384 e. The Morgan fingerprint density at radius 1 is 1.13 bits per heavy atom. The maximum absolute atomic E-state index is 12.5. The van der Waals surface area contributed by atoms with E-state index in [1.807, 2.05) is 48.5 Å². The summed E-state index contributed by atoms with van der Waals surface area (Å²) in [6.07, 6.45) is 1.12. The molecule has 1 aliphatic rings. The van der Waals surface area contributed by atoms with Crippen molar-refractivity contribution in [2.45, 2.75) is 50.9 Å². The zero-order valence-electron chi connectivity index (χ0n) is 18.1. The maximum atomic E-state index is 12.5. The predicted molar refractivity (Wildman–Crippen MR) is 121 cm³/mol. The molecule has 0 bridgehead atoms. The third-order valence-electron chi connectivity index (χ3n) is 5.40. The summed E-state index contributed by atoms with van der Waals surface area (Å²) in [5.41, 5.74) is 2.23. The molecule has 31 heavy (non-hydrogen) atoms. The van der Waals surface area contributed by atoms with Crippen molar-refractivity contribution in [3.8, 4) is 0 Å². The zero-order valence-corrected chi connectivity index (χ0v) is 18.9. The van der Waals surface area contributed by atoms with E-state index in [2.05, 4.69) is 17.6 Å². The van der Waals surface area contributed by atoms with Gasteiger partial charge in [-0.1, -0.05) is 35.9 Å². The van der Waals surface area contributed by atoms with Crippen LogP contribution in [0.3, 0.4) is 0 Å². The maximum Gasteiger partial charge on any atom is 0.222 e. The van der Waals surface area contributed by atoms with Gasteiger partial charge in [0.2, 0.25) is 11.8 Å². The zero-order chi connectivity index (χ0) is 22.4. The number of hydrogen-bond acceptors (Lipinski definition) is 4.